The second-order valence-electron chi connectivity index (χ2n) is 8.77. The molecule has 2 atom stereocenters. The number of piperidine rings is 1. The minimum atomic E-state index is -0.172. The molecule has 5 rings (SSSR count). The van der Waals surface area contributed by atoms with Crippen LogP contribution in [0.3, 0.4) is 0 Å². The van der Waals surface area contributed by atoms with Gasteiger partial charge in [0.1, 0.15) is 11.9 Å². The van der Waals surface area contributed by atoms with Gasteiger partial charge in [0.2, 0.25) is 11.9 Å². The van der Waals surface area contributed by atoms with E-state index in [2.05, 4.69) is 25.5 Å². The lowest BCUT2D eigenvalue weighted by Gasteiger charge is -2.41. The third kappa shape index (κ3) is 4.34. The summed E-state index contributed by atoms with van der Waals surface area (Å²) in [4.78, 5) is 23.1. The normalized spacial score (nSPS) is 29.8. The second kappa shape index (κ2) is 8.35. The maximum Gasteiger partial charge on any atom is 0.234 e. The Bertz CT molecular complexity index is 915. The maximum absolute atomic E-state index is 11.7. The van der Waals surface area contributed by atoms with E-state index < -0.39 is 0 Å². The van der Waals surface area contributed by atoms with Crippen molar-refractivity contribution in [3.8, 4) is 5.75 Å². The molecule has 8 nitrogen and oxygen atoms in total. The largest absolute Gasteiger partial charge is 0.489 e. The van der Waals surface area contributed by atoms with Crippen LogP contribution in [0, 0.1) is 0 Å². The number of hydrogen-bond donors (Lipinski definition) is 3. The molecule has 0 spiro atoms. The first-order valence-corrected chi connectivity index (χ1v) is 11.0. The van der Waals surface area contributed by atoms with E-state index in [0.29, 0.717) is 24.6 Å². The third-order valence-corrected chi connectivity index (χ3v) is 6.54. The van der Waals surface area contributed by atoms with Crippen LogP contribution in [0.25, 0.3) is 10.9 Å². The van der Waals surface area contributed by atoms with Crippen LogP contribution in [-0.4, -0.2) is 69.8 Å². The number of nitrogens with zero attached hydrogens (tertiary/aromatic N) is 3. The van der Waals surface area contributed by atoms with Gasteiger partial charge in [0, 0.05) is 42.8 Å². The average molecular weight is 412 g/mol. The number of carbonyl (C=O) groups excluding carboxylic acids is 1. The molecule has 3 fully saturated rings. The molecule has 1 aromatic carbocycles. The van der Waals surface area contributed by atoms with E-state index in [0.717, 1.165) is 68.3 Å². The van der Waals surface area contributed by atoms with Gasteiger partial charge in [-0.3, -0.25) is 9.69 Å². The first-order chi connectivity index (χ1) is 14.6. The van der Waals surface area contributed by atoms with Crippen molar-refractivity contribution in [2.75, 3.05) is 25.0 Å². The minimum Gasteiger partial charge on any atom is -0.489 e. The van der Waals surface area contributed by atoms with Gasteiger partial charge in [-0.05, 0) is 50.7 Å². The molecule has 3 heterocycles. The fourth-order valence-corrected chi connectivity index (χ4v) is 4.80. The summed E-state index contributed by atoms with van der Waals surface area (Å²) >= 11 is 0. The molecular formula is C22H29N5O3. The monoisotopic (exact) mass is 411 g/mol. The van der Waals surface area contributed by atoms with Crippen LogP contribution >= 0.6 is 0 Å². The molecule has 3 N–H and O–H groups in total. The van der Waals surface area contributed by atoms with Crippen molar-refractivity contribution in [2.24, 2.45) is 0 Å². The predicted molar refractivity (Wildman–Crippen MR) is 113 cm³/mol. The number of aliphatic hydroxyl groups excluding tert-OH is 1. The van der Waals surface area contributed by atoms with Crippen LogP contribution in [0.4, 0.5) is 5.95 Å². The van der Waals surface area contributed by atoms with Crippen LogP contribution in [0.5, 0.6) is 5.75 Å². The number of piperazine rings is 1. The van der Waals surface area contributed by atoms with E-state index in [-0.39, 0.29) is 18.1 Å². The van der Waals surface area contributed by atoms with Gasteiger partial charge in [0.05, 0.1) is 18.2 Å². The Morgan fingerprint density at radius 3 is 2.90 bits per heavy atom. The molecule has 1 aromatic heterocycles. The fraction of sp³-hybridized carbons (Fsp3) is 0.591. The van der Waals surface area contributed by atoms with Gasteiger partial charge in [0.25, 0.3) is 0 Å². The van der Waals surface area contributed by atoms with Gasteiger partial charge >= 0.3 is 0 Å². The lowest BCUT2D eigenvalue weighted by atomic mass is 9.93. The van der Waals surface area contributed by atoms with Gasteiger partial charge in [-0.2, -0.15) is 0 Å². The molecule has 3 aliphatic rings. The first kappa shape index (κ1) is 19.5. The van der Waals surface area contributed by atoms with Gasteiger partial charge < -0.3 is 20.5 Å². The van der Waals surface area contributed by atoms with Crippen molar-refractivity contribution in [3.63, 3.8) is 0 Å². The van der Waals surface area contributed by atoms with Crippen molar-refractivity contribution in [1.29, 1.82) is 0 Å². The molecule has 1 amide bonds. The van der Waals surface area contributed by atoms with Crippen molar-refractivity contribution >= 4 is 22.8 Å². The Labute approximate surface area is 176 Å². The highest BCUT2D eigenvalue weighted by Gasteiger charge is 2.33. The molecular weight excluding hydrogens is 382 g/mol. The molecule has 0 unspecified atom stereocenters. The van der Waals surface area contributed by atoms with Crippen LogP contribution < -0.4 is 15.4 Å². The number of fused-ring (bicyclic) bond motifs is 2. The minimum absolute atomic E-state index is 0.0812. The van der Waals surface area contributed by atoms with Gasteiger partial charge in [-0.1, -0.05) is 0 Å². The Balaban J connectivity index is 1.25. The van der Waals surface area contributed by atoms with Crippen molar-refractivity contribution in [3.05, 3.63) is 24.4 Å². The van der Waals surface area contributed by atoms with Gasteiger partial charge in [-0.25, -0.2) is 9.97 Å². The maximum atomic E-state index is 11.7. The predicted octanol–water partition coefficient (Wildman–Crippen LogP) is 1.69. The number of anilines is 1. The average Bonchev–Trinajstić information content (AvgIpc) is 2.75. The molecule has 2 aliphatic heterocycles. The smallest absolute Gasteiger partial charge is 0.234 e. The second-order valence-corrected chi connectivity index (χ2v) is 8.77. The summed E-state index contributed by atoms with van der Waals surface area (Å²) in [6, 6.07) is 6.67. The van der Waals surface area contributed by atoms with Crippen LogP contribution in [0.2, 0.25) is 0 Å². The van der Waals surface area contributed by atoms with Crippen molar-refractivity contribution < 1.29 is 14.6 Å². The highest BCUT2D eigenvalue weighted by molar-refractivity contribution is 5.80. The Kier molecular flexibility index (Phi) is 5.43. The van der Waals surface area contributed by atoms with Gasteiger partial charge in [0.15, 0.2) is 0 Å². The number of aromatic nitrogens is 2. The lowest BCUT2D eigenvalue weighted by Crippen LogP contribution is -2.59. The summed E-state index contributed by atoms with van der Waals surface area (Å²) in [6.07, 6.45) is 7.28. The zero-order valence-corrected chi connectivity index (χ0v) is 17.1. The Hall–Kier alpha value is -2.45. The topological polar surface area (TPSA) is 99.6 Å². The highest BCUT2D eigenvalue weighted by Crippen LogP contribution is 2.26. The first-order valence-electron chi connectivity index (χ1n) is 11.0. The molecule has 160 valence electrons. The van der Waals surface area contributed by atoms with E-state index in [9.17, 15) is 9.90 Å². The lowest BCUT2D eigenvalue weighted by molar-refractivity contribution is -0.127. The molecule has 0 radical (unpaired) electrons. The number of benzene rings is 1. The summed E-state index contributed by atoms with van der Waals surface area (Å²) in [5.41, 5.74) is 0.854. The summed E-state index contributed by atoms with van der Waals surface area (Å²) in [6.45, 7) is 1.98. The van der Waals surface area contributed by atoms with E-state index in [4.69, 9.17) is 4.74 Å². The van der Waals surface area contributed by atoms with Crippen molar-refractivity contribution in [1.82, 2.24) is 20.2 Å². The SMILES string of the molecule is O=C1CN2C[C@@H](Oc3ccc4cnc(N[C@H]5CC[C@H](O)CC5)nc4c3)CC[C@H]2CN1. The zero-order valence-electron chi connectivity index (χ0n) is 17.1. The number of hydrogen-bond acceptors (Lipinski definition) is 7. The van der Waals surface area contributed by atoms with E-state index in [1.54, 1.807) is 0 Å². The quantitative estimate of drug-likeness (QED) is 0.704. The molecule has 1 aliphatic carbocycles. The third-order valence-electron chi connectivity index (χ3n) is 6.54. The molecule has 1 saturated carbocycles. The molecule has 2 aromatic rings. The molecule has 2 saturated heterocycles. The van der Waals surface area contributed by atoms with Crippen molar-refractivity contribution in [2.45, 2.75) is 62.8 Å². The molecule has 0 bridgehead atoms. The summed E-state index contributed by atoms with van der Waals surface area (Å²) in [5, 5.41) is 17.0. The van der Waals surface area contributed by atoms with Crippen LogP contribution in [0.15, 0.2) is 24.4 Å². The number of ether oxygens (including phenoxy) is 1. The summed E-state index contributed by atoms with van der Waals surface area (Å²) < 4.78 is 6.27. The molecule has 8 heteroatoms. The van der Waals surface area contributed by atoms with E-state index in [1.807, 2.05) is 24.4 Å². The summed E-state index contributed by atoms with van der Waals surface area (Å²) in [7, 11) is 0. The summed E-state index contributed by atoms with van der Waals surface area (Å²) in [5.74, 6) is 1.53. The van der Waals surface area contributed by atoms with Crippen LogP contribution in [0.1, 0.15) is 38.5 Å². The standard InChI is InChI=1S/C22H29N5O3/c28-17-5-2-15(3-6-17)25-22-24-10-14-1-7-18(9-20(14)26-22)30-19-8-4-16-11-23-21(29)13-27(16)12-19/h1,7,9-10,15-17,19,28H,2-6,8,11-13H2,(H,23,29)(H,24,25,26)/t15-,16-,17-,19-/m0/s1. The van der Waals surface area contributed by atoms with E-state index >= 15 is 0 Å². The molecule has 30 heavy (non-hydrogen) atoms. The number of aliphatic hydroxyl groups is 1. The number of rotatable bonds is 4. The number of nitrogens with one attached hydrogen (secondary N) is 2. The van der Waals surface area contributed by atoms with Crippen LogP contribution in [-0.2, 0) is 4.79 Å². The van der Waals surface area contributed by atoms with E-state index in [1.165, 1.54) is 0 Å². The fourth-order valence-electron chi connectivity index (χ4n) is 4.80. The zero-order chi connectivity index (χ0) is 20.5. The Morgan fingerprint density at radius 2 is 2.03 bits per heavy atom. The van der Waals surface area contributed by atoms with Gasteiger partial charge in [-0.15, -0.1) is 0 Å². The number of amides is 1. The highest BCUT2D eigenvalue weighted by atomic mass is 16.5. The Morgan fingerprint density at radius 1 is 1.17 bits per heavy atom. The number of carbonyl (C=O) groups is 1.